The van der Waals surface area contributed by atoms with Crippen LogP contribution < -0.4 is 0 Å². The molecule has 7 heteroatoms. The van der Waals surface area contributed by atoms with E-state index >= 15 is 0 Å². The number of aryl methyl sites for hydroxylation is 2. The molecule has 4 rings (SSSR count). The van der Waals surface area contributed by atoms with Gasteiger partial charge in [-0.25, -0.2) is 0 Å². The van der Waals surface area contributed by atoms with Crippen LogP contribution in [-0.2, 0) is 0 Å². The lowest BCUT2D eigenvalue weighted by molar-refractivity contribution is -0.383. The van der Waals surface area contributed by atoms with Crippen molar-refractivity contribution in [3.05, 3.63) is 76.1 Å². The predicted molar refractivity (Wildman–Crippen MR) is 126 cm³/mol. The number of aromatic hydroxyl groups is 2. The maximum absolute atomic E-state index is 10.6. The highest BCUT2D eigenvalue weighted by molar-refractivity contribution is 5.92. The molecular weight excluding hydrogens is 394 g/mol. The lowest BCUT2D eigenvalue weighted by Gasteiger charge is -2.05. The Hall–Kier alpha value is -3.74. The fourth-order valence-corrected chi connectivity index (χ4v) is 2.87. The van der Waals surface area contributed by atoms with Gasteiger partial charge in [-0.05, 0) is 49.2 Å². The number of nitrogens with zero attached hydrogens (tertiary/aromatic N) is 3. The van der Waals surface area contributed by atoms with Crippen molar-refractivity contribution in [3.8, 4) is 11.5 Å². The third-order valence-electron chi connectivity index (χ3n) is 4.19. The molecule has 0 aliphatic carbocycles. The Morgan fingerprint density at radius 2 is 1.35 bits per heavy atom. The van der Waals surface area contributed by atoms with Gasteiger partial charge >= 0.3 is 0 Å². The van der Waals surface area contributed by atoms with Gasteiger partial charge in [-0.1, -0.05) is 39.8 Å². The highest BCUT2D eigenvalue weighted by Crippen LogP contribution is 2.30. The minimum Gasteiger partial charge on any atom is -0.506 e. The number of rotatable bonds is 1. The lowest BCUT2D eigenvalue weighted by Crippen LogP contribution is -1.90. The van der Waals surface area contributed by atoms with Crippen molar-refractivity contribution in [1.82, 2.24) is 9.97 Å². The maximum Gasteiger partial charge on any atom is 0.279 e. The molecule has 0 spiro atoms. The summed E-state index contributed by atoms with van der Waals surface area (Å²) in [5.74, 6) is 0.243. The molecule has 0 amide bonds. The largest absolute Gasteiger partial charge is 0.506 e. The highest BCUT2D eigenvalue weighted by atomic mass is 16.6. The smallest absolute Gasteiger partial charge is 0.279 e. The van der Waals surface area contributed by atoms with Gasteiger partial charge in [0.15, 0.2) is 0 Å². The van der Waals surface area contributed by atoms with E-state index in [2.05, 4.69) is 9.97 Å². The van der Waals surface area contributed by atoms with Crippen LogP contribution >= 0.6 is 0 Å². The van der Waals surface area contributed by atoms with Gasteiger partial charge in [-0.15, -0.1) is 0 Å². The molecule has 0 saturated carbocycles. The topological polar surface area (TPSA) is 109 Å². The Balaban J connectivity index is 0.000000268. The van der Waals surface area contributed by atoms with E-state index in [-0.39, 0.29) is 17.0 Å². The molecule has 31 heavy (non-hydrogen) atoms. The lowest BCUT2D eigenvalue weighted by atomic mass is 10.1. The van der Waals surface area contributed by atoms with Crippen molar-refractivity contribution in [2.45, 2.75) is 41.5 Å². The second kappa shape index (κ2) is 12.1. The van der Waals surface area contributed by atoms with Crippen LogP contribution in [0, 0.1) is 24.0 Å². The molecule has 2 heterocycles. The second-order valence-electron chi connectivity index (χ2n) is 6.02. The zero-order chi connectivity index (χ0) is 23.6. The molecule has 7 nitrogen and oxygen atoms in total. The molecule has 2 N–H and O–H groups in total. The molecule has 0 aliphatic heterocycles. The zero-order valence-corrected chi connectivity index (χ0v) is 18.7. The van der Waals surface area contributed by atoms with Crippen molar-refractivity contribution in [2.75, 3.05) is 0 Å². The first kappa shape index (κ1) is 25.3. The van der Waals surface area contributed by atoms with E-state index in [1.165, 1.54) is 18.3 Å². The van der Waals surface area contributed by atoms with E-state index in [4.69, 9.17) is 0 Å². The monoisotopic (exact) mass is 423 g/mol. The van der Waals surface area contributed by atoms with E-state index in [1.807, 2.05) is 59.7 Å². The molecule has 164 valence electrons. The highest BCUT2D eigenvalue weighted by Gasteiger charge is 2.13. The third kappa shape index (κ3) is 5.88. The van der Waals surface area contributed by atoms with Gasteiger partial charge in [0.2, 0.25) is 0 Å². The normalized spacial score (nSPS) is 9.48. The molecule has 4 aromatic rings. The summed E-state index contributed by atoms with van der Waals surface area (Å²) in [6.45, 7) is 11.9. The molecule has 2 aromatic carbocycles. The Labute approximate surface area is 182 Å². The summed E-state index contributed by atoms with van der Waals surface area (Å²) in [5, 5.41) is 31.1. The maximum atomic E-state index is 10.6. The number of phenols is 2. The molecule has 0 atom stereocenters. The standard InChI is InChI=1S/C11H11NO.C9H6N2O3.2C2H6/c1-7-6-8(2)11(13)10-9(7)4-3-5-12-10;12-8-4-3-7(11(13)14)6-2-1-5-10-9(6)8;2*1-2/h3-6,13H,1-2H3;1-5,12H;2*1-2H3. The minimum absolute atomic E-state index is 0.0498. The Morgan fingerprint density at radius 3 is 1.94 bits per heavy atom. The van der Waals surface area contributed by atoms with Crippen LogP contribution in [0.4, 0.5) is 5.69 Å². The van der Waals surface area contributed by atoms with E-state index < -0.39 is 4.92 Å². The molecular formula is C24H29N3O4. The molecule has 0 aliphatic rings. The van der Waals surface area contributed by atoms with Crippen LogP contribution in [0.15, 0.2) is 54.9 Å². The zero-order valence-electron chi connectivity index (χ0n) is 18.7. The summed E-state index contributed by atoms with van der Waals surface area (Å²) in [4.78, 5) is 18.1. The average molecular weight is 424 g/mol. The van der Waals surface area contributed by atoms with Gasteiger partial charge in [0.05, 0.1) is 10.3 Å². The fraction of sp³-hybridized carbons (Fsp3) is 0.250. The van der Waals surface area contributed by atoms with Crippen molar-refractivity contribution in [1.29, 1.82) is 0 Å². The molecule has 0 fully saturated rings. The van der Waals surface area contributed by atoms with Crippen molar-refractivity contribution >= 4 is 27.5 Å². The van der Waals surface area contributed by atoms with E-state index in [0.717, 1.165) is 16.5 Å². The van der Waals surface area contributed by atoms with Gasteiger partial charge in [0.1, 0.15) is 22.5 Å². The van der Waals surface area contributed by atoms with Crippen LogP contribution in [0.25, 0.3) is 21.8 Å². The van der Waals surface area contributed by atoms with Gasteiger partial charge < -0.3 is 10.2 Å². The third-order valence-corrected chi connectivity index (χ3v) is 4.19. The van der Waals surface area contributed by atoms with E-state index in [9.17, 15) is 20.3 Å². The van der Waals surface area contributed by atoms with Crippen LogP contribution in [0.2, 0.25) is 0 Å². The van der Waals surface area contributed by atoms with Gasteiger partial charge in [0, 0.05) is 23.8 Å². The summed E-state index contributed by atoms with van der Waals surface area (Å²) >= 11 is 0. The number of benzene rings is 2. The first-order valence-corrected chi connectivity index (χ1v) is 10.1. The first-order valence-electron chi connectivity index (χ1n) is 10.1. The number of hydrogen-bond acceptors (Lipinski definition) is 6. The predicted octanol–water partition coefficient (Wildman–Crippen LogP) is 6.46. The number of aromatic nitrogens is 2. The number of fused-ring (bicyclic) bond motifs is 2. The second-order valence-corrected chi connectivity index (χ2v) is 6.02. The number of non-ortho nitro benzene ring substituents is 1. The summed E-state index contributed by atoms with van der Waals surface area (Å²) < 4.78 is 0. The number of nitro benzene ring substituents is 1. The molecule has 0 radical (unpaired) electrons. The number of nitro groups is 1. The summed E-state index contributed by atoms with van der Waals surface area (Å²) in [6, 6.07) is 11.5. The quantitative estimate of drug-likeness (QED) is 0.269. The van der Waals surface area contributed by atoms with E-state index in [1.54, 1.807) is 18.3 Å². The van der Waals surface area contributed by atoms with Gasteiger partial charge in [-0.2, -0.15) is 0 Å². The summed E-state index contributed by atoms with van der Waals surface area (Å²) in [7, 11) is 0. The van der Waals surface area contributed by atoms with Crippen molar-refractivity contribution < 1.29 is 15.1 Å². The average Bonchev–Trinajstić information content (AvgIpc) is 2.81. The van der Waals surface area contributed by atoms with Gasteiger partial charge in [0.25, 0.3) is 5.69 Å². The molecule has 0 bridgehead atoms. The SMILES string of the molecule is CC.CC.Cc1cc(C)c2cccnc2c1O.O=[N+]([O-])c1ccc(O)c2ncccc12. The number of phenolic OH excluding ortho intramolecular Hbond substituents is 2. The van der Waals surface area contributed by atoms with Crippen molar-refractivity contribution in [3.63, 3.8) is 0 Å². The Bertz CT molecular complexity index is 1160. The van der Waals surface area contributed by atoms with E-state index in [0.29, 0.717) is 16.7 Å². The van der Waals surface area contributed by atoms with Crippen LogP contribution in [0.3, 0.4) is 0 Å². The molecule has 0 unspecified atom stereocenters. The Morgan fingerprint density at radius 1 is 0.806 bits per heavy atom. The molecule has 0 saturated heterocycles. The summed E-state index contributed by atoms with van der Waals surface area (Å²) in [6.07, 6.45) is 3.17. The Kier molecular flexibility index (Phi) is 9.85. The van der Waals surface area contributed by atoms with Crippen LogP contribution in [-0.4, -0.2) is 25.1 Å². The summed E-state index contributed by atoms with van der Waals surface area (Å²) in [5.41, 5.74) is 2.93. The van der Waals surface area contributed by atoms with Crippen molar-refractivity contribution in [2.24, 2.45) is 0 Å². The van der Waals surface area contributed by atoms with Crippen LogP contribution in [0.1, 0.15) is 38.8 Å². The number of pyridine rings is 2. The minimum atomic E-state index is -0.497. The first-order chi connectivity index (χ1) is 14.9. The fourth-order valence-electron chi connectivity index (χ4n) is 2.87. The number of hydrogen-bond donors (Lipinski definition) is 2. The molecule has 2 aromatic heterocycles. The van der Waals surface area contributed by atoms with Gasteiger partial charge in [-0.3, -0.25) is 20.1 Å². The van der Waals surface area contributed by atoms with Crippen LogP contribution in [0.5, 0.6) is 11.5 Å².